The highest BCUT2D eigenvalue weighted by Crippen LogP contribution is 2.44. The van der Waals surface area contributed by atoms with E-state index >= 15 is 0 Å². The number of thiophene rings is 1. The molecule has 7 aromatic carbocycles. The van der Waals surface area contributed by atoms with Crippen molar-refractivity contribution >= 4 is 53.4 Å². The van der Waals surface area contributed by atoms with Crippen molar-refractivity contribution in [2.75, 3.05) is 0 Å². The van der Waals surface area contributed by atoms with E-state index in [0.29, 0.717) is 5.82 Å². The molecule has 4 aromatic heterocycles. The van der Waals surface area contributed by atoms with Crippen LogP contribution in [0.3, 0.4) is 0 Å². The Hall–Kier alpha value is -7.21. The second kappa shape index (κ2) is 13.3. The largest absolute Gasteiger partial charge is 0.455 e. The Balaban J connectivity index is 1.00. The van der Waals surface area contributed by atoms with Gasteiger partial charge in [0.1, 0.15) is 11.2 Å². The van der Waals surface area contributed by atoms with Gasteiger partial charge in [0.15, 0.2) is 5.82 Å². The fraction of sp³-hybridized carbons (Fsp3) is 0. The first-order chi connectivity index (χ1) is 27.7. The normalized spacial score (nSPS) is 11.6. The molecule has 4 nitrogen and oxygen atoms in total. The summed E-state index contributed by atoms with van der Waals surface area (Å²) in [6.07, 6.45) is 3.67. The molecule has 5 heteroatoms. The molecule has 0 fully saturated rings. The number of nitrogens with zero attached hydrogens (tertiary/aromatic N) is 3. The Morgan fingerprint density at radius 1 is 0.411 bits per heavy atom. The van der Waals surface area contributed by atoms with E-state index in [1.807, 2.05) is 47.9 Å². The van der Waals surface area contributed by atoms with Crippen LogP contribution in [0.2, 0.25) is 0 Å². The first kappa shape index (κ1) is 32.2. The Kier molecular flexibility index (Phi) is 7.64. The zero-order valence-electron chi connectivity index (χ0n) is 30.1. The molecule has 0 spiro atoms. The first-order valence-corrected chi connectivity index (χ1v) is 19.5. The Labute approximate surface area is 327 Å². The zero-order valence-corrected chi connectivity index (χ0v) is 30.9. The molecule has 56 heavy (non-hydrogen) atoms. The second-order valence-electron chi connectivity index (χ2n) is 14.0. The van der Waals surface area contributed by atoms with E-state index in [1.165, 1.54) is 20.2 Å². The summed E-state index contributed by atoms with van der Waals surface area (Å²) in [4.78, 5) is 14.5. The third-order valence-corrected chi connectivity index (χ3v) is 11.8. The highest BCUT2D eigenvalue weighted by atomic mass is 32.1. The van der Waals surface area contributed by atoms with Gasteiger partial charge in [0.25, 0.3) is 0 Å². The molecule has 0 aliphatic heterocycles. The van der Waals surface area contributed by atoms with Crippen LogP contribution in [0, 0.1) is 0 Å². The highest BCUT2D eigenvalue weighted by molar-refractivity contribution is 7.25. The number of furan rings is 1. The van der Waals surface area contributed by atoms with Crippen LogP contribution in [0.4, 0.5) is 0 Å². The van der Waals surface area contributed by atoms with Crippen molar-refractivity contribution in [1.29, 1.82) is 0 Å². The van der Waals surface area contributed by atoms with Crippen LogP contribution in [0.5, 0.6) is 0 Å². The lowest BCUT2D eigenvalue weighted by molar-refractivity contribution is 0.670. The summed E-state index contributed by atoms with van der Waals surface area (Å²) in [5, 5.41) is 4.82. The Bertz CT molecular complexity index is 3220. The average Bonchev–Trinajstić information content (AvgIpc) is 3.85. The molecule has 0 radical (unpaired) electrons. The Morgan fingerprint density at radius 2 is 1.04 bits per heavy atom. The van der Waals surface area contributed by atoms with Crippen molar-refractivity contribution in [1.82, 2.24) is 15.0 Å². The summed E-state index contributed by atoms with van der Waals surface area (Å²) < 4.78 is 9.27. The van der Waals surface area contributed by atoms with Gasteiger partial charge < -0.3 is 4.42 Å². The number of benzene rings is 7. The van der Waals surface area contributed by atoms with E-state index in [1.54, 1.807) is 6.20 Å². The summed E-state index contributed by atoms with van der Waals surface area (Å²) in [6, 6.07) is 61.7. The van der Waals surface area contributed by atoms with Gasteiger partial charge in [-0.05, 0) is 64.2 Å². The average molecular weight is 734 g/mol. The number of pyridine rings is 1. The molecule has 0 saturated heterocycles. The molecule has 11 rings (SSSR count). The summed E-state index contributed by atoms with van der Waals surface area (Å²) in [5.74, 6) is 0.680. The SMILES string of the molecule is c1ccc(-c2cc(-c3ccc(-c4ccc(-c5ccc6c(c5)sc5ccccc56)c5oc6ccccc6c45)cc3)nc(-c3ccc(-c4cccnc4)cc3)n2)cc1. The van der Waals surface area contributed by atoms with Gasteiger partial charge >= 0.3 is 0 Å². The Morgan fingerprint density at radius 3 is 1.84 bits per heavy atom. The van der Waals surface area contributed by atoms with Crippen molar-refractivity contribution in [3.8, 4) is 67.3 Å². The lowest BCUT2D eigenvalue weighted by Crippen LogP contribution is -1.96. The van der Waals surface area contributed by atoms with Crippen LogP contribution in [0.25, 0.3) is 109 Å². The molecule has 0 saturated carbocycles. The number of hydrogen-bond donors (Lipinski definition) is 0. The van der Waals surface area contributed by atoms with E-state index < -0.39 is 0 Å². The number of hydrogen-bond acceptors (Lipinski definition) is 5. The quantitative estimate of drug-likeness (QED) is 0.171. The van der Waals surface area contributed by atoms with E-state index in [2.05, 4.69) is 151 Å². The highest BCUT2D eigenvalue weighted by Gasteiger charge is 2.19. The molecule has 0 aliphatic carbocycles. The van der Waals surface area contributed by atoms with Gasteiger partial charge in [-0.15, -0.1) is 11.3 Å². The smallest absolute Gasteiger partial charge is 0.160 e. The molecular formula is C51H31N3OS. The number of aromatic nitrogens is 3. The van der Waals surface area contributed by atoms with Crippen LogP contribution < -0.4 is 0 Å². The lowest BCUT2D eigenvalue weighted by atomic mass is 9.93. The third kappa shape index (κ3) is 5.56. The van der Waals surface area contributed by atoms with E-state index in [9.17, 15) is 0 Å². The zero-order chi connectivity index (χ0) is 37.0. The van der Waals surface area contributed by atoms with Gasteiger partial charge in [-0.3, -0.25) is 4.98 Å². The maximum absolute atomic E-state index is 6.69. The second-order valence-corrected chi connectivity index (χ2v) is 15.1. The minimum Gasteiger partial charge on any atom is -0.455 e. The summed E-state index contributed by atoms with van der Waals surface area (Å²) in [6.45, 7) is 0. The summed E-state index contributed by atoms with van der Waals surface area (Å²) in [5.41, 5.74) is 13.2. The van der Waals surface area contributed by atoms with Gasteiger partial charge in [0.05, 0.1) is 11.4 Å². The van der Waals surface area contributed by atoms with Crippen LogP contribution >= 0.6 is 11.3 Å². The van der Waals surface area contributed by atoms with Crippen molar-refractivity contribution in [3.63, 3.8) is 0 Å². The lowest BCUT2D eigenvalue weighted by Gasteiger charge is -2.11. The van der Waals surface area contributed by atoms with Crippen molar-refractivity contribution in [2.45, 2.75) is 0 Å². The molecule has 0 bridgehead atoms. The van der Waals surface area contributed by atoms with Crippen LogP contribution in [0.15, 0.2) is 193 Å². The third-order valence-electron chi connectivity index (χ3n) is 10.6. The monoisotopic (exact) mass is 733 g/mol. The van der Waals surface area contributed by atoms with Crippen molar-refractivity contribution in [2.24, 2.45) is 0 Å². The van der Waals surface area contributed by atoms with Crippen molar-refractivity contribution < 1.29 is 4.42 Å². The predicted molar refractivity (Wildman–Crippen MR) is 233 cm³/mol. The molecular weight excluding hydrogens is 703 g/mol. The van der Waals surface area contributed by atoms with Crippen LogP contribution in [-0.4, -0.2) is 15.0 Å². The summed E-state index contributed by atoms with van der Waals surface area (Å²) >= 11 is 1.84. The maximum Gasteiger partial charge on any atom is 0.160 e. The van der Waals surface area contributed by atoms with Gasteiger partial charge in [0.2, 0.25) is 0 Å². The van der Waals surface area contributed by atoms with Gasteiger partial charge in [0, 0.05) is 65.6 Å². The number of rotatable bonds is 6. The first-order valence-electron chi connectivity index (χ1n) is 18.7. The predicted octanol–water partition coefficient (Wildman–Crippen LogP) is 14.1. The maximum atomic E-state index is 6.69. The van der Waals surface area contributed by atoms with Crippen molar-refractivity contribution in [3.05, 3.63) is 188 Å². The summed E-state index contributed by atoms with van der Waals surface area (Å²) in [7, 11) is 0. The molecule has 0 unspecified atom stereocenters. The molecule has 4 heterocycles. The number of fused-ring (bicyclic) bond motifs is 6. The van der Waals surface area contributed by atoms with E-state index in [0.717, 1.165) is 83.4 Å². The van der Waals surface area contributed by atoms with Crippen LogP contribution in [0.1, 0.15) is 0 Å². The standard InChI is InChI=1S/C51H31N3OS/c1-2-9-34(10-3-1)44-30-45(54-51(53-44)36-22-16-32(17-23-36)38-11-8-28-52-31-38)35-20-18-33(19-21-35)39-26-27-40(50-49(39)43-13-4-6-14-46(43)55-50)37-24-25-42-41-12-5-7-15-47(41)56-48(42)29-37/h1-31H. The molecule has 262 valence electrons. The molecule has 0 N–H and O–H groups in total. The van der Waals surface area contributed by atoms with Gasteiger partial charge in [-0.2, -0.15) is 0 Å². The van der Waals surface area contributed by atoms with E-state index in [4.69, 9.17) is 14.4 Å². The minimum absolute atomic E-state index is 0.680. The van der Waals surface area contributed by atoms with Gasteiger partial charge in [-0.1, -0.05) is 140 Å². The molecule has 0 aliphatic rings. The molecule has 11 aromatic rings. The van der Waals surface area contributed by atoms with E-state index in [-0.39, 0.29) is 0 Å². The fourth-order valence-corrected chi connectivity index (χ4v) is 8.98. The fourth-order valence-electron chi connectivity index (χ4n) is 7.84. The molecule has 0 atom stereocenters. The topological polar surface area (TPSA) is 51.8 Å². The van der Waals surface area contributed by atoms with Gasteiger partial charge in [-0.25, -0.2) is 9.97 Å². The number of para-hydroxylation sites is 1. The molecule has 0 amide bonds. The van der Waals surface area contributed by atoms with Crippen LogP contribution in [-0.2, 0) is 0 Å². The minimum atomic E-state index is 0.680.